The molecule has 7 heteroatoms. The van der Waals surface area contributed by atoms with Crippen LogP contribution in [0.5, 0.6) is 0 Å². The summed E-state index contributed by atoms with van der Waals surface area (Å²) in [6.45, 7) is 16.4. The van der Waals surface area contributed by atoms with Gasteiger partial charge in [-0.3, -0.25) is 14.7 Å². The summed E-state index contributed by atoms with van der Waals surface area (Å²) >= 11 is 0. The third-order valence-corrected chi connectivity index (χ3v) is 9.37. The molecule has 0 spiro atoms. The molecule has 2 aliphatic rings. The number of allylic oxidation sites excluding steroid dienone is 2. The predicted molar refractivity (Wildman–Crippen MR) is 189 cm³/mol. The molecule has 1 fully saturated rings. The van der Waals surface area contributed by atoms with E-state index in [-0.39, 0.29) is 11.9 Å². The van der Waals surface area contributed by atoms with E-state index < -0.39 is 5.60 Å². The number of rotatable bonds is 4. The average molecular weight is 619 g/mol. The maximum atomic E-state index is 14.0. The lowest BCUT2D eigenvalue weighted by Crippen LogP contribution is -2.38. The van der Waals surface area contributed by atoms with Gasteiger partial charge >= 0.3 is 6.09 Å². The van der Waals surface area contributed by atoms with Crippen molar-refractivity contribution in [2.45, 2.75) is 106 Å². The van der Waals surface area contributed by atoms with Crippen LogP contribution in [0.3, 0.4) is 0 Å². The van der Waals surface area contributed by atoms with Crippen molar-refractivity contribution in [3.05, 3.63) is 65.0 Å². The lowest BCUT2D eigenvalue weighted by Gasteiger charge is -2.29. The maximum absolute atomic E-state index is 14.0. The summed E-state index contributed by atoms with van der Waals surface area (Å²) in [4.78, 5) is 38.1. The summed E-state index contributed by atoms with van der Waals surface area (Å²) in [7, 11) is 0. The average Bonchev–Trinajstić information content (AvgIpc) is 3.22. The van der Waals surface area contributed by atoms with E-state index in [9.17, 15) is 9.59 Å². The van der Waals surface area contributed by atoms with Gasteiger partial charge in [-0.1, -0.05) is 31.4 Å². The molecule has 0 N–H and O–H groups in total. The van der Waals surface area contributed by atoms with Gasteiger partial charge in [-0.2, -0.15) is 0 Å². The Balaban J connectivity index is 1.65. The summed E-state index contributed by atoms with van der Waals surface area (Å²) < 4.78 is 8.37. The number of aliphatic imine (C=N–C) groups is 1. The number of carbonyl (C=O) groups is 2. The molecule has 0 bridgehead atoms. The van der Waals surface area contributed by atoms with Crippen molar-refractivity contribution in [2.75, 3.05) is 11.4 Å². The van der Waals surface area contributed by atoms with Crippen LogP contribution in [-0.4, -0.2) is 39.3 Å². The van der Waals surface area contributed by atoms with Crippen LogP contribution in [0.4, 0.5) is 10.5 Å². The number of Topliss-reactive ketones (excluding diaryl/α,β-unsaturated/α-hetero) is 1. The van der Waals surface area contributed by atoms with Crippen molar-refractivity contribution >= 4 is 50.7 Å². The topological polar surface area (TPSA) is 76.8 Å². The van der Waals surface area contributed by atoms with E-state index in [0.717, 1.165) is 68.9 Å². The zero-order chi connectivity index (χ0) is 32.9. The van der Waals surface area contributed by atoms with Crippen LogP contribution in [0, 0.1) is 0 Å². The zero-order valence-corrected chi connectivity index (χ0v) is 28.6. The van der Waals surface area contributed by atoms with Gasteiger partial charge in [-0.25, -0.2) is 9.78 Å². The quantitative estimate of drug-likeness (QED) is 0.168. The number of aromatic nitrogens is 2. The Morgan fingerprint density at radius 2 is 1.61 bits per heavy atom. The highest BCUT2D eigenvalue weighted by Gasteiger charge is 2.35. The molecule has 2 aromatic carbocycles. The number of anilines is 1. The highest BCUT2D eigenvalue weighted by molar-refractivity contribution is 6.10. The van der Waals surface area contributed by atoms with Crippen LogP contribution in [0.15, 0.2) is 53.2 Å². The van der Waals surface area contributed by atoms with E-state index in [4.69, 9.17) is 9.72 Å². The van der Waals surface area contributed by atoms with Crippen molar-refractivity contribution in [2.24, 2.45) is 4.99 Å². The minimum absolute atomic E-state index is 0.0494. The molecule has 3 heterocycles. The number of fused-ring (bicyclic) bond motifs is 7. The van der Waals surface area contributed by atoms with Crippen LogP contribution in [0.25, 0.3) is 38.6 Å². The Labute approximate surface area is 272 Å². The molecule has 0 atom stereocenters. The minimum Gasteiger partial charge on any atom is -0.443 e. The summed E-state index contributed by atoms with van der Waals surface area (Å²) in [5.41, 5.74) is 10.0. The molecule has 6 rings (SSSR count). The first-order valence-corrected chi connectivity index (χ1v) is 16.7. The summed E-state index contributed by atoms with van der Waals surface area (Å²) in [5.74, 6) is 0.458. The van der Waals surface area contributed by atoms with Crippen molar-refractivity contribution in [1.82, 2.24) is 9.55 Å². The number of nitrogens with zero attached hydrogens (tertiary/aromatic N) is 4. The predicted octanol–water partition coefficient (Wildman–Crippen LogP) is 10.1. The standard InChI is InChI=1S/C39H46N4O3/c1-23(2)40-25(4)24(3)32-18-16-29-33(41-32)19-17-31-36(29)43(38(45)46-39(6,7)8)21-20-42-34-22-28(26(5)44)14-15-30(34)35(37(31)42)27-12-10-9-11-13-27/h14-19,22,27H,9-13,20-21H2,1-8H3/b25-24+. The van der Waals surface area contributed by atoms with E-state index in [2.05, 4.69) is 40.7 Å². The van der Waals surface area contributed by atoms with Gasteiger partial charge in [0.25, 0.3) is 0 Å². The molecule has 0 saturated heterocycles. The lowest BCUT2D eigenvalue weighted by molar-refractivity contribution is 0.0580. The van der Waals surface area contributed by atoms with Crippen molar-refractivity contribution in [3.63, 3.8) is 0 Å². The van der Waals surface area contributed by atoms with Gasteiger partial charge < -0.3 is 9.30 Å². The molecule has 0 radical (unpaired) electrons. The molecular formula is C39H46N4O3. The Bertz CT molecular complexity index is 1930. The second-order valence-corrected chi connectivity index (χ2v) is 14.2. The molecular weight excluding hydrogens is 572 g/mol. The number of hydrogen-bond donors (Lipinski definition) is 0. The Morgan fingerprint density at radius 3 is 2.28 bits per heavy atom. The van der Waals surface area contributed by atoms with Gasteiger partial charge in [0.1, 0.15) is 5.60 Å². The molecule has 1 amide bonds. The molecule has 1 saturated carbocycles. The Morgan fingerprint density at radius 1 is 0.891 bits per heavy atom. The normalized spacial score (nSPS) is 16.0. The van der Waals surface area contributed by atoms with Gasteiger partial charge in [0, 0.05) is 51.9 Å². The summed E-state index contributed by atoms with van der Waals surface area (Å²) in [5, 5.41) is 2.12. The molecule has 1 aliphatic carbocycles. The monoisotopic (exact) mass is 618 g/mol. The van der Waals surface area contributed by atoms with Crippen LogP contribution in [-0.2, 0) is 11.3 Å². The highest BCUT2D eigenvalue weighted by atomic mass is 16.6. The van der Waals surface area contributed by atoms with Crippen molar-refractivity contribution < 1.29 is 14.3 Å². The Kier molecular flexibility index (Phi) is 8.38. The molecule has 240 valence electrons. The van der Waals surface area contributed by atoms with Gasteiger partial charge in [0.15, 0.2) is 5.78 Å². The zero-order valence-electron chi connectivity index (χ0n) is 28.6. The van der Waals surface area contributed by atoms with Crippen molar-refractivity contribution in [3.8, 4) is 11.3 Å². The summed E-state index contributed by atoms with van der Waals surface area (Å²) in [6, 6.07) is 14.5. The first-order chi connectivity index (χ1) is 21.8. The van der Waals surface area contributed by atoms with Crippen molar-refractivity contribution in [1.29, 1.82) is 0 Å². The number of pyridine rings is 1. The molecule has 2 aromatic heterocycles. The molecule has 4 aromatic rings. The number of ketones is 1. The van der Waals surface area contributed by atoms with Crippen LogP contribution in [0.1, 0.15) is 115 Å². The first kappa shape index (κ1) is 31.7. The summed E-state index contributed by atoms with van der Waals surface area (Å²) in [6.07, 6.45) is 5.57. The van der Waals surface area contributed by atoms with Crippen LogP contribution in [0.2, 0.25) is 0 Å². The van der Waals surface area contributed by atoms with E-state index in [1.165, 1.54) is 30.2 Å². The smallest absolute Gasteiger partial charge is 0.414 e. The Hall–Kier alpha value is -4.26. The second-order valence-electron chi connectivity index (χ2n) is 14.2. The second kappa shape index (κ2) is 12.2. The van der Waals surface area contributed by atoms with Gasteiger partial charge in [-0.15, -0.1) is 0 Å². The molecule has 0 unspecified atom stereocenters. The van der Waals surface area contributed by atoms with E-state index in [1.807, 2.05) is 59.7 Å². The number of carbonyl (C=O) groups excluding carboxylic acids is 2. The highest BCUT2D eigenvalue weighted by Crippen LogP contribution is 2.49. The van der Waals surface area contributed by atoms with E-state index in [1.54, 1.807) is 11.8 Å². The first-order valence-electron chi connectivity index (χ1n) is 16.7. The van der Waals surface area contributed by atoms with Crippen LogP contribution < -0.4 is 4.90 Å². The van der Waals surface area contributed by atoms with E-state index >= 15 is 0 Å². The fourth-order valence-corrected chi connectivity index (χ4v) is 7.22. The maximum Gasteiger partial charge on any atom is 0.414 e. The number of ether oxygens (including phenoxy) is 1. The molecule has 7 nitrogen and oxygen atoms in total. The van der Waals surface area contributed by atoms with Gasteiger partial charge in [-0.05, 0) is 116 Å². The van der Waals surface area contributed by atoms with E-state index in [0.29, 0.717) is 24.6 Å². The SMILES string of the molecule is CC(=O)c1ccc2c(C3CCCCC3)c3n(c2c1)CCN(C(=O)OC(C)(C)C)c1c-3ccc2nc(/C(C)=C(\C)N=C(C)C)ccc12. The van der Waals surface area contributed by atoms with Gasteiger partial charge in [0.05, 0.1) is 22.6 Å². The largest absolute Gasteiger partial charge is 0.443 e. The fourth-order valence-electron chi connectivity index (χ4n) is 7.22. The molecule has 1 aliphatic heterocycles. The molecule has 46 heavy (non-hydrogen) atoms. The third kappa shape index (κ3) is 5.88. The number of benzene rings is 2. The third-order valence-electron chi connectivity index (χ3n) is 9.37. The lowest BCUT2D eigenvalue weighted by atomic mass is 9.81. The minimum atomic E-state index is -0.650. The van der Waals surface area contributed by atoms with Gasteiger partial charge in [0.2, 0.25) is 0 Å². The number of amides is 1. The van der Waals surface area contributed by atoms with Crippen LogP contribution >= 0.6 is 0 Å². The number of hydrogen-bond acceptors (Lipinski definition) is 5. The fraction of sp³-hybridized carbons (Fsp3) is 0.436.